The van der Waals surface area contributed by atoms with E-state index in [1.165, 1.54) is 16.5 Å². The Morgan fingerprint density at radius 3 is 2.92 bits per heavy atom. The summed E-state index contributed by atoms with van der Waals surface area (Å²) in [5.74, 6) is 0. The topological polar surface area (TPSA) is 62.3 Å². The molecule has 2 N–H and O–H groups in total. The third-order valence-electron chi connectivity index (χ3n) is 4.43. The van der Waals surface area contributed by atoms with E-state index in [9.17, 15) is 0 Å². The Labute approximate surface area is 138 Å². The van der Waals surface area contributed by atoms with E-state index in [2.05, 4.69) is 67.3 Å². The number of H-pyrrole nitrogens is 2. The monoisotopic (exact) mass is 313 g/mol. The van der Waals surface area contributed by atoms with Crippen molar-refractivity contribution >= 4 is 21.9 Å². The maximum absolute atomic E-state index is 4.57. The van der Waals surface area contributed by atoms with Crippen molar-refractivity contribution in [3.05, 3.63) is 72.9 Å². The molecule has 0 aliphatic heterocycles. The second-order valence-electron chi connectivity index (χ2n) is 5.93. The number of aromatic amines is 2. The lowest BCUT2D eigenvalue weighted by Gasteiger charge is -2.06. The molecule has 5 aromatic rings. The Hall–Kier alpha value is -3.34. The smallest absolute Gasteiger partial charge is 0.137 e. The van der Waals surface area contributed by atoms with E-state index in [1.54, 1.807) is 0 Å². The van der Waals surface area contributed by atoms with Crippen molar-refractivity contribution in [2.45, 2.75) is 6.54 Å². The number of nitrogens with one attached hydrogen (secondary N) is 2. The predicted molar refractivity (Wildman–Crippen MR) is 94.7 cm³/mol. The Bertz CT molecular complexity index is 1130. The lowest BCUT2D eigenvalue weighted by Crippen LogP contribution is -1.98. The fourth-order valence-electron chi connectivity index (χ4n) is 3.25. The van der Waals surface area contributed by atoms with Crippen molar-refractivity contribution < 1.29 is 0 Å². The first-order chi connectivity index (χ1) is 11.9. The number of nitrogens with zero attached hydrogens (tertiary/aromatic N) is 3. The zero-order valence-electron chi connectivity index (χ0n) is 12.9. The van der Waals surface area contributed by atoms with Crippen LogP contribution >= 0.6 is 0 Å². The van der Waals surface area contributed by atoms with Crippen LogP contribution in [0.3, 0.4) is 0 Å². The molecule has 116 valence electrons. The van der Waals surface area contributed by atoms with Crippen LogP contribution in [0.2, 0.25) is 0 Å². The SMILES string of the molecule is c1ccc2c(c1)ccn2Cc1cnc2[nH]cc(-c3cn[nH]c3)c2c1. The van der Waals surface area contributed by atoms with E-state index in [0.29, 0.717) is 0 Å². The summed E-state index contributed by atoms with van der Waals surface area (Å²) in [5, 5.41) is 9.28. The van der Waals surface area contributed by atoms with Crippen molar-refractivity contribution in [2.24, 2.45) is 0 Å². The van der Waals surface area contributed by atoms with Crippen LogP contribution in [0, 0.1) is 0 Å². The van der Waals surface area contributed by atoms with Gasteiger partial charge in [0.1, 0.15) is 5.65 Å². The summed E-state index contributed by atoms with van der Waals surface area (Å²) in [4.78, 5) is 7.81. The molecule has 4 heterocycles. The van der Waals surface area contributed by atoms with Gasteiger partial charge in [-0.1, -0.05) is 18.2 Å². The van der Waals surface area contributed by atoms with Gasteiger partial charge in [0.05, 0.1) is 6.20 Å². The highest BCUT2D eigenvalue weighted by molar-refractivity contribution is 5.93. The molecule has 0 saturated heterocycles. The average molecular weight is 313 g/mol. The van der Waals surface area contributed by atoms with Gasteiger partial charge in [-0.25, -0.2) is 4.98 Å². The summed E-state index contributed by atoms with van der Waals surface area (Å²) < 4.78 is 2.25. The summed E-state index contributed by atoms with van der Waals surface area (Å²) in [5.41, 5.74) is 5.49. The zero-order valence-corrected chi connectivity index (χ0v) is 12.9. The lowest BCUT2D eigenvalue weighted by molar-refractivity contribution is 0.834. The highest BCUT2D eigenvalue weighted by Crippen LogP contribution is 2.28. The second-order valence-corrected chi connectivity index (χ2v) is 5.93. The van der Waals surface area contributed by atoms with Crippen molar-refractivity contribution in [1.82, 2.24) is 24.7 Å². The molecule has 0 radical (unpaired) electrons. The van der Waals surface area contributed by atoms with Crippen LogP contribution in [0.15, 0.2) is 67.4 Å². The predicted octanol–water partition coefficient (Wildman–Crippen LogP) is 3.96. The molecule has 1 aromatic carbocycles. The Kier molecular flexibility index (Phi) is 2.79. The molecule has 4 aromatic heterocycles. The van der Waals surface area contributed by atoms with Gasteiger partial charge in [-0.05, 0) is 29.1 Å². The van der Waals surface area contributed by atoms with Crippen LogP contribution < -0.4 is 0 Å². The zero-order chi connectivity index (χ0) is 15.9. The number of benzene rings is 1. The number of pyridine rings is 1. The maximum Gasteiger partial charge on any atom is 0.137 e. The molecule has 5 heteroatoms. The third-order valence-corrected chi connectivity index (χ3v) is 4.43. The van der Waals surface area contributed by atoms with E-state index in [1.807, 2.05) is 24.8 Å². The van der Waals surface area contributed by atoms with Crippen molar-refractivity contribution in [3.63, 3.8) is 0 Å². The van der Waals surface area contributed by atoms with E-state index >= 15 is 0 Å². The quantitative estimate of drug-likeness (QED) is 0.529. The van der Waals surface area contributed by atoms with Crippen LogP contribution in [-0.4, -0.2) is 24.7 Å². The van der Waals surface area contributed by atoms with Gasteiger partial charge >= 0.3 is 0 Å². The third kappa shape index (κ3) is 2.02. The molecule has 0 amide bonds. The first-order valence-corrected chi connectivity index (χ1v) is 7.87. The van der Waals surface area contributed by atoms with Gasteiger partial charge in [0.15, 0.2) is 0 Å². The molecule has 0 unspecified atom stereocenters. The van der Waals surface area contributed by atoms with Gasteiger partial charge in [-0.15, -0.1) is 0 Å². The molecule has 0 aliphatic carbocycles. The van der Waals surface area contributed by atoms with Crippen molar-refractivity contribution in [1.29, 1.82) is 0 Å². The van der Waals surface area contributed by atoms with Crippen molar-refractivity contribution in [2.75, 3.05) is 0 Å². The first kappa shape index (κ1) is 13.1. The molecule has 0 saturated carbocycles. The van der Waals surface area contributed by atoms with E-state index in [4.69, 9.17) is 0 Å². The summed E-state index contributed by atoms with van der Waals surface area (Å²) >= 11 is 0. The van der Waals surface area contributed by atoms with Crippen molar-refractivity contribution in [3.8, 4) is 11.1 Å². The van der Waals surface area contributed by atoms with Gasteiger partial charge in [0, 0.05) is 53.4 Å². The molecule has 0 bridgehead atoms. The Morgan fingerprint density at radius 1 is 1.04 bits per heavy atom. The standard InChI is InChI=1S/C19H15N5/c1-2-4-18-14(3-1)5-6-24(18)12-13-7-16-17(15-9-22-23-10-15)11-21-19(16)20-8-13/h1-11H,12H2,(H,20,21)(H,22,23). The maximum atomic E-state index is 4.57. The molecule has 0 aliphatic rings. The number of aromatic nitrogens is 5. The van der Waals surface area contributed by atoms with Crippen LogP contribution in [0.4, 0.5) is 0 Å². The molecular formula is C19H15N5. The van der Waals surface area contributed by atoms with E-state index < -0.39 is 0 Å². The van der Waals surface area contributed by atoms with Crippen LogP contribution in [-0.2, 0) is 6.54 Å². The summed E-state index contributed by atoms with van der Waals surface area (Å²) in [7, 11) is 0. The normalized spacial score (nSPS) is 11.5. The summed E-state index contributed by atoms with van der Waals surface area (Å²) in [6.45, 7) is 0.798. The highest BCUT2D eigenvalue weighted by atomic mass is 15.1. The van der Waals surface area contributed by atoms with E-state index in [-0.39, 0.29) is 0 Å². The Morgan fingerprint density at radius 2 is 2.00 bits per heavy atom. The first-order valence-electron chi connectivity index (χ1n) is 7.87. The molecule has 5 rings (SSSR count). The Balaban J connectivity index is 1.59. The van der Waals surface area contributed by atoms with Gasteiger partial charge in [0.2, 0.25) is 0 Å². The van der Waals surface area contributed by atoms with Gasteiger partial charge < -0.3 is 9.55 Å². The largest absolute Gasteiger partial charge is 0.346 e. The lowest BCUT2D eigenvalue weighted by atomic mass is 10.1. The molecule has 24 heavy (non-hydrogen) atoms. The molecule has 0 spiro atoms. The molecule has 0 fully saturated rings. The van der Waals surface area contributed by atoms with Crippen LogP contribution in [0.5, 0.6) is 0 Å². The molecular weight excluding hydrogens is 298 g/mol. The number of hydrogen-bond donors (Lipinski definition) is 2. The summed E-state index contributed by atoms with van der Waals surface area (Å²) in [6, 6.07) is 12.8. The number of fused-ring (bicyclic) bond motifs is 2. The van der Waals surface area contributed by atoms with Gasteiger partial charge in [-0.2, -0.15) is 5.10 Å². The number of para-hydroxylation sites is 1. The number of hydrogen-bond acceptors (Lipinski definition) is 2. The fraction of sp³-hybridized carbons (Fsp3) is 0.0526. The average Bonchev–Trinajstić information content (AvgIpc) is 3.34. The molecule has 5 nitrogen and oxygen atoms in total. The minimum absolute atomic E-state index is 0.798. The second kappa shape index (κ2) is 5.09. The minimum Gasteiger partial charge on any atom is -0.346 e. The summed E-state index contributed by atoms with van der Waals surface area (Å²) in [6.07, 6.45) is 9.77. The fourth-order valence-corrected chi connectivity index (χ4v) is 3.25. The van der Waals surface area contributed by atoms with E-state index in [0.717, 1.165) is 28.7 Å². The van der Waals surface area contributed by atoms with Gasteiger partial charge in [-0.3, -0.25) is 5.10 Å². The van der Waals surface area contributed by atoms with Gasteiger partial charge in [0.25, 0.3) is 0 Å². The van der Waals surface area contributed by atoms with Crippen LogP contribution in [0.25, 0.3) is 33.1 Å². The highest BCUT2D eigenvalue weighted by Gasteiger charge is 2.09. The van der Waals surface area contributed by atoms with Crippen LogP contribution in [0.1, 0.15) is 5.56 Å². The molecule has 0 atom stereocenters. The number of rotatable bonds is 3. The minimum atomic E-state index is 0.798.